The van der Waals surface area contributed by atoms with Crippen LogP contribution in [0.25, 0.3) is 0 Å². The molecule has 0 saturated heterocycles. The van der Waals surface area contributed by atoms with Gasteiger partial charge in [0.2, 0.25) is 0 Å². The highest BCUT2D eigenvalue weighted by atomic mass is 35.5. The number of aliphatic hydroxyl groups is 1. The van der Waals surface area contributed by atoms with E-state index in [1.807, 2.05) is 25.2 Å². The number of amides is 1. The topological polar surface area (TPSA) is 95.7 Å². The van der Waals surface area contributed by atoms with Crippen LogP contribution < -0.4 is 10.2 Å². The van der Waals surface area contributed by atoms with E-state index in [4.69, 9.17) is 11.6 Å². The van der Waals surface area contributed by atoms with Crippen molar-refractivity contribution in [2.75, 3.05) is 25.0 Å². The molecule has 1 aliphatic rings. The summed E-state index contributed by atoms with van der Waals surface area (Å²) in [7, 11) is 2.01. The van der Waals surface area contributed by atoms with E-state index < -0.39 is 16.9 Å². The molecule has 0 aliphatic carbocycles. The highest BCUT2D eigenvalue weighted by Gasteiger charge is 2.22. The molecule has 8 heteroatoms. The van der Waals surface area contributed by atoms with Crippen molar-refractivity contribution < 1.29 is 14.8 Å². The van der Waals surface area contributed by atoms with E-state index in [0.717, 1.165) is 24.2 Å². The van der Waals surface area contributed by atoms with Gasteiger partial charge in [0, 0.05) is 36.9 Å². The molecule has 3 rings (SSSR count). The van der Waals surface area contributed by atoms with Crippen LogP contribution in [-0.4, -0.2) is 36.1 Å². The van der Waals surface area contributed by atoms with Crippen LogP contribution in [0.3, 0.4) is 0 Å². The van der Waals surface area contributed by atoms with Crippen molar-refractivity contribution in [1.29, 1.82) is 0 Å². The Hall–Kier alpha value is -2.64. The quantitative estimate of drug-likeness (QED) is 0.618. The summed E-state index contributed by atoms with van der Waals surface area (Å²) < 4.78 is 0. The van der Waals surface area contributed by atoms with Crippen LogP contribution in [-0.2, 0) is 6.42 Å². The van der Waals surface area contributed by atoms with Crippen molar-refractivity contribution in [2.24, 2.45) is 0 Å². The predicted molar refractivity (Wildman–Crippen MR) is 98.8 cm³/mol. The van der Waals surface area contributed by atoms with E-state index in [-0.39, 0.29) is 22.8 Å². The van der Waals surface area contributed by atoms with Gasteiger partial charge in [0.25, 0.3) is 11.6 Å². The number of hydrogen-bond donors (Lipinski definition) is 2. The Labute approximate surface area is 155 Å². The van der Waals surface area contributed by atoms with E-state index >= 15 is 0 Å². The molecule has 2 aromatic carbocycles. The fourth-order valence-electron chi connectivity index (χ4n) is 3.05. The van der Waals surface area contributed by atoms with Gasteiger partial charge in [-0.05, 0) is 35.7 Å². The van der Waals surface area contributed by atoms with Gasteiger partial charge in [0.15, 0.2) is 0 Å². The summed E-state index contributed by atoms with van der Waals surface area (Å²) in [5.41, 5.74) is 2.52. The molecule has 2 N–H and O–H groups in total. The zero-order chi connectivity index (χ0) is 18.8. The van der Waals surface area contributed by atoms with E-state index in [9.17, 15) is 20.0 Å². The molecule has 2 aromatic rings. The molecule has 136 valence electrons. The summed E-state index contributed by atoms with van der Waals surface area (Å²) in [6.07, 6.45) is 0.00129. The molecule has 0 radical (unpaired) electrons. The Morgan fingerprint density at radius 2 is 2.15 bits per heavy atom. The van der Waals surface area contributed by atoms with Crippen LogP contribution in [0.1, 0.15) is 27.6 Å². The van der Waals surface area contributed by atoms with Crippen molar-refractivity contribution in [3.63, 3.8) is 0 Å². The number of aliphatic hydroxyl groups excluding tert-OH is 1. The number of hydrogen-bond acceptors (Lipinski definition) is 5. The lowest BCUT2D eigenvalue weighted by atomic mass is 10.0. The summed E-state index contributed by atoms with van der Waals surface area (Å²) >= 11 is 5.83. The normalized spacial score (nSPS) is 14.0. The van der Waals surface area contributed by atoms with E-state index in [1.165, 1.54) is 18.2 Å². The molecule has 0 saturated carbocycles. The first-order valence-corrected chi connectivity index (χ1v) is 8.49. The maximum absolute atomic E-state index is 12.3. The second-order valence-corrected chi connectivity index (χ2v) is 6.64. The number of likely N-dealkylation sites (N-methyl/N-ethyl adjacent to an activating group) is 1. The second kappa shape index (κ2) is 7.31. The van der Waals surface area contributed by atoms with Crippen LogP contribution in [0.15, 0.2) is 36.4 Å². The molecule has 26 heavy (non-hydrogen) atoms. The average molecular weight is 376 g/mol. The molecule has 1 heterocycles. The lowest BCUT2D eigenvalue weighted by molar-refractivity contribution is -0.385. The van der Waals surface area contributed by atoms with E-state index in [2.05, 4.69) is 10.2 Å². The van der Waals surface area contributed by atoms with Gasteiger partial charge in [0.05, 0.1) is 11.0 Å². The highest BCUT2D eigenvalue weighted by Crippen LogP contribution is 2.29. The molecule has 0 spiro atoms. The maximum Gasteiger partial charge on any atom is 0.282 e. The van der Waals surface area contributed by atoms with Crippen molar-refractivity contribution in [3.8, 4) is 0 Å². The van der Waals surface area contributed by atoms with Crippen molar-refractivity contribution in [1.82, 2.24) is 5.32 Å². The number of fused-ring (bicyclic) bond motifs is 1. The van der Waals surface area contributed by atoms with Gasteiger partial charge in [0.1, 0.15) is 5.56 Å². The van der Waals surface area contributed by atoms with Gasteiger partial charge in [-0.1, -0.05) is 23.7 Å². The molecule has 7 nitrogen and oxygen atoms in total. The standard InChI is InChI=1S/C18H18ClN3O4/c1-21-7-6-11-8-12(2-4-15(11)21)17(23)10-20-18(24)14-9-13(19)3-5-16(14)22(25)26/h2-5,8-9,17,23H,6-7,10H2,1H3,(H,20,24). The number of carbonyl (C=O) groups is 1. The minimum absolute atomic E-state index is 0.0584. The molecule has 0 aromatic heterocycles. The summed E-state index contributed by atoms with van der Waals surface area (Å²) in [5, 5.41) is 24.2. The molecule has 0 bridgehead atoms. The first-order chi connectivity index (χ1) is 12.4. The van der Waals surface area contributed by atoms with Crippen LogP contribution in [0.4, 0.5) is 11.4 Å². The number of halogens is 1. The third kappa shape index (κ3) is 3.63. The zero-order valence-corrected chi connectivity index (χ0v) is 14.9. The smallest absolute Gasteiger partial charge is 0.282 e. The first-order valence-electron chi connectivity index (χ1n) is 8.11. The lowest BCUT2D eigenvalue weighted by Crippen LogP contribution is -2.29. The monoisotopic (exact) mass is 375 g/mol. The lowest BCUT2D eigenvalue weighted by Gasteiger charge is -2.15. The van der Waals surface area contributed by atoms with Crippen LogP contribution >= 0.6 is 11.6 Å². The molecule has 1 aliphatic heterocycles. The molecular formula is C18H18ClN3O4. The van der Waals surface area contributed by atoms with Crippen molar-refractivity contribution in [2.45, 2.75) is 12.5 Å². The number of nitrogens with one attached hydrogen (secondary N) is 1. The fourth-order valence-corrected chi connectivity index (χ4v) is 3.22. The summed E-state index contributed by atoms with van der Waals surface area (Å²) in [6.45, 7) is 0.876. The molecule has 0 fully saturated rings. The minimum Gasteiger partial charge on any atom is -0.387 e. The number of nitrogens with zero attached hydrogens (tertiary/aromatic N) is 2. The van der Waals surface area contributed by atoms with Gasteiger partial charge in [-0.15, -0.1) is 0 Å². The number of rotatable bonds is 5. The van der Waals surface area contributed by atoms with Crippen LogP contribution in [0.5, 0.6) is 0 Å². The summed E-state index contributed by atoms with van der Waals surface area (Å²) in [4.78, 5) is 24.9. The molecule has 1 amide bonds. The molecule has 1 unspecified atom stereocenters. The Balaban J connectivity index is 1.70. The Morgan fingerprint density at radius 3 is 2.88 bits per heavy atom. The van der Waals surface area contributed by atoms with Crippen molar-refractivity contribution >= 4 is 28.9 Å². The van der Waals surface area contributed by atoms with Gasteiger partial charge in [-0.2, -0.15) is 0 Å². The predicted octanol–water partition coefficient (Wildman–Crippen LogP) is 2.70. The largest absolute Gasteiger partial charge is 0.387 e. The fraction of sp³-hybridized carbons (Fsp3) is 0.278. The van der Waals surface area contributed by atoms with E-state index in [0.29, 0.717) is 5.56 Å². The number of nitro groups is 1. The van der Waals surface area contributed by atoms with E-state index in [1.54, 1.807) is 0 Å². The number of benzene rings is 2. The SMILES string of the molecule is CN1CCc2cc(C(O)CNC(=O)c3cc(Cl)ccc3[N+](=O)[O-])ccc21. The van der Waals surface area contributed by atoms with Crippen LogP contribution in [0, 0.1) is 10.1 Å². The third-order valence-corrected chi connectivity index (χ3v) is 4.71. The third-order valence-electron chi connectivity index (χ3n) is 4.47. The van der Waals surface area contributed by atoms with Crippen molar-refractivity contribution in [3.05, 3.63) is 68.2 Å². The van der Waals surface area contributed by atoms with Crippen LogP contribution in [0.2, 0.25) is 5.02 Å². The Bertz CT molecular complexity index is 872. The molecular weight excluding hydrogens is 358 g/mol. The number of carbonyl (C=O) groups excluding carboxylic acids is 1. The van der Waals surface area contributed by atoms with Gasteiger partial charge < -0.3 is 15.3 Å². The maximum atomic E-state index is 12.3. The zero-order valence-electron chi connectivity index (χ0n) is 14.1. The Morgan fingerprint density at radius 1 is 1.38 bits per heavy atom. The van der Waals surface area contributed by atoms with Gasteiger partial charge in [-0.3, -0.25) is 14.9 Å². The highest BCUT2D eigenvalue weighted by molar-refractivity contribution is 6.31. The Kier molecular flexibility index (Phi) is 5.11. The first kappa shape index (κ1) is 18.2. The summed E-state index contributed by atoms with van der Waals surface area (Å²) in [5.74, 6) is -0.654. The van der Waals surface area contributed by atoms with Gasteiger partial charge in [-0.25, -0.2) is 0 Å². The van der Waals surface area contributed by atoms with Gasteiger partial charge >= 0.3 is 0 Å². The number of nitro benzene ring substituents is 1. The minimum atomic E-state index is -0.909. The second-order valence-electron chi connectivity index (χ2n) is 6.20. The average Bonchev–Trinajstić information content (AvgIpc) is 2.99. The summed E-state index contributed by atoms with van der Waals surface area (Å²) in [6, 6.07) is 9.48. The molecule has 1 atom stereocenters. The number of anilines is 1.